The van der Waals surface area contributed by atoms with Crippen molar-refractivity contribution in [3.8, 4) is 5.75 Å². The Hall–Kier alpha value is -2.50. The van der Waals surface area contributed by atoms with Gasteiger partial charge < -0.3 is 15.0 Å². The number of carbonyl (C=O) groups excluding carboxylic acids is 1. The van der Waals surface area contributed by atoms with Gasteiger partial charge in [-0.3, -0.25) is 4.68 Å². The van der Waals surface area contributed by atoms with Crippen molar-refractivity contribution in [2.45, 2.75) is 57.0 Å². The highest BCUT2D eigenvalue weighted by molar-refractivity contribution is 5.75. The molecule has 1 fully saturated rings. The van der Waals surface area contributed by atoms with E-state index < -0.39 is 0 Å². The Labute approximate surface area is 166 Å². The summed E-state index contributed by atoms with van der Waals surface area (Å²) in [5.41, 5.74) is 3.61. The van der Waals surface area contributed by atoms with Crippen LogP contribution in [0.15, 0.2) is 30.5 Å². The number of likely N-dealkylation sites (tertiary alicyclic amines) is 1. The summed E-state index contributed by atoms with van der Waals surface area (Å²) in [6.45, 7) is 0.801. The normalized spacial score (nSPS) is 22.3. The van der Waals surface area contributed by atoms with Gasteiger partial charge in [0.05, 0.1) is 25.4 Å². The minimum absolute atomic E-state index is 0.0458. The molecular weight excluding hydrogens is 352 g/mol. The van der Waals surface area contributed by atoms with Crippen LogP contribution in [-0.2, 0) is 13.5 Å². The van der Waals surface area contributed by atoms with Crippen LogP contribution in [0.4, 0.5) is 4.79 Å². The molecule has 1 saturated heterocycles. The average Bonchev–Trinajstić information content (AvgIpc) is 2.95. The summed E-state index contributed by atoms with van der Waals surface area (Å²) in [6.07, 6.45) is 9.40. The second-order valence-corrected chi connectivity index (χ2v) is 7.90. The zero-order chi connectivity index (χ0) is 19.5. The van der Waals surface area contributed by atoms with Crippen molar-refractivity contribution < 1.29 is 9.53 Å². The maximum atomic E-state index is 13.3. The van der Waals surface area contributed by atoms with Crippen molar-refractivity contribution >= 4 is 6.03 Å². The van der Waals surface area contributed by atoms with Crippen molar-refractivity contribution in [1.29, 1.82) is 0 Å². The number of fused-ring (bicyclic) bond motifs is 1. The third-order valence-corrected chi connectivity index (χ3v) is 6.19. The number of nitrogens with one attached hydrogen (secondary N) is 1. The maximum absolute atomic E-state index is 13.3. The largest absolute Gasteiger partial charge is 0.497 e. The van der Waals surface area contributed by atoms with Crippen molar-refractivity contribution in [3.63, 3.8) is 0 Å². The zero-order valence-corrected chi connectivity index (χ0v) is 16.9. The molecule has 2 aliphatic rings. The Balaban J connectivity index is 1.53. The van der Waals surface area contributed by atoms with Gasteiger partial charge in [-0.05, 0) is 49.8 Å². The Morgan fingerprint density at radius 2 is 1.96 bits per heavy atom. The van der Waals surface area contributed by atoms with Crippen LogP contribution in [-0.4, -0.2) is 34.4 Å². The summed E-state index contributed by atoms with van der Waals surface area (Å²) >= 11 is 0. The zero-order valence-electron chi connectivity index (χ0n) is 16.9. The number of aryl methyl sites for hydroxylation is 1. The Kier molecular flexibility index (Phi) is 5.55. The predicted molar refractivity (Wildman–Crippen MR) is 108 cm³/mol. The van der Waals surface area contributed by atoms with E-state index >= 15 is 0 Å². The summed E-state index contributed by atoms with van der Waals surface area (Å²) in [5, 5.41) is 7.72. The predicted octanol–water partition coefficient (Wildman–Crippen LogP) is 4.13. The lowest BCUT2D eigenvalue weighted by Gasteiger charge is -2.33. The Morgan fingerprint density at radius 1 is 1.14 bits per heavy atom. The van der Waals surface area contributed by atoms with Crippen molar-refractivity contribution in [2.24, 2.45) is 7.05 Å². The summed E-state index contributed by atoms with van der Waals surface area (Å²) in [6, 6.07) is 8.38. The molecule has 1 aliphatic heterocycles. The van der Waals surface area contributed by atoms with E-state index in [9.17, 15) is 4.79 Å². The molecule has 28 heavy (non-hydrogen) atoms. The van der Waals surface area contributed by atoms with E-state index in [1.54, 1.807) is 7.11 Å². The average molecular weight is 383 g/mol. The van der Waals surface area contributed by atoms with Gasteiger partial charge in [0, 0.05) is 24.8 Å². The fourth-order valence-electron chi connectivity index (χ4n) is 4.61. The quantitative estimate of drug-likeness (QED) is 0.868. The van der Waals surface area contributed by atoms with E-state index in [0.29, 0.717) is 0 Å². The maximum Gasteiger partial charge on any atom is 0.318 e. The molecule has 6 nitrogen and oxygen atoms in total. The van der Waals surface area contributed by atoms with Gasteiger partial charge in [-0.1, -0.05) is 25.0 Å². The van der Waals surface area contributed by atoms with Gasteiger partial charge in [0.15, 0.2) is 0 Å². The van der Waals surface area contributed by atoms with Gasteiger partial charge in [-0.25, -0.2) is 4.79 Å². The molecule has 0 saturated carbocycles. The van der Waals surface area contributed by atoms with Crippen LogP contribution in [0.1, 0.15) is 67.4 Å². The first-order chi connectivity index (χ1) is 13.7. The fraction of sp³-hybridized carbons (Fsp3) is 0.545. The summed E-state index contributed by atoms with van der Waals surface area (Å²) < 4.78 is 7.23. The molecule has 1 aromatic carbocycles. The first-order valence-corrected chi connectivity index (χ1v) is 10.4. The molecule has 150 valence electrons. The summed E-state index contributed by atoms with van der Waals surface area (Å²) in [7, 11) is 3.66. The number of benzene rings is 1. The fourth-order valence-corrected chi connectivity index (χ4v) is 4.61. The molecule has 1 aliphatic carbocycles. The number of carbonyl (C=O) groups is 1. The SMILES string of the molecule is COc1ccc([C@H]2CCCCCN2C(=O)N[C@@H]2CCCc3c2cnn3C)cc1. The lowest BCUT2D eigenvalue weighted by Crippen LogP contribution is -2.44. The Bertz CT molecular complexity index is 814. The van der Waals surface area contributed by atoms with Gasteiger partial charge in [0.25, 0.3) is 0 Å². The van der Waals surface area contributed by atoms with Crippen LogP contribution >= 0.6 is 0 Å². The number of hydrogen-bond acceptors (Lipinski definition) is 3. The number of aromatic nitrogens is 2. The van der Waals surface area contributed by atoms with Crippen LogP contribution in [0.3, 0.4) is 0 Å². The van der Waals surface area contributed by atoms with Gasteiger partial charge in [-0.15, -0.1) is 0 Å². The second kappa shape index (κ2) is 8.25. The number of rotatable bonds is 3. The van der Waals surface area contributed by atoms with E-state index in [1.807, 2.05) is 35.0 Å². The third-order valence-electron chi connectivity index (χ3n) is 6.19. The first-order valence-electron chi connectivity index (χ1n) is 10.4. The van der Waals surface area contributed by atoms with Crippen LogP contribution in [0.25, 0.3) is 0 Å². The molecular formula is C22H30N4O2. The van der Waals surface area contributed by atoms with Gasteiger partial charge >= 0.3 is 6.03 Å². The molecule has 2 amide bonds. The molecule has 0 spiro atoms. The smallest absolute Gasteiger partial charge is 0.318 e. The standard InChI is InChI=1S/C22H30N4O2/c1-25-21-9-6-7-19(18(21)15-23-25)24-22(27)26-14-5-3-4-8-20(26)16-10-12-17(28-2)13-11-16/h10-13,15,19-20H,3-9,14H2,1-2H3,(H,24,27)/t19-,20-/m1/s1. The minimum Gasteiger partial charge on any atom is -0.497 e. The second-order valence-electron chi connectivity index (χ2n) is 7.90. The van der Waals surface area contributed by atoms with Crippen LogP contribution in [0.5, 0.6) is 5.75 Å². The number of ether oxygens (including phenoxy) is 1. The van der Waals surface area contributed by atoms with Crippen molar-refractivity contribution in [2.75, 3.05) is 13.7 Å². The first kappa shape index (κ1) is 18.8. The number of urea groups is 1. The van der Waals surface area contributed by atoms with E-state index in [-0.39, 0.29) is 18.1 Å². The van der Waals surface area contributed by atoms with E-state index in [1.165, 1.54) is 23.2 Å². The summed E-state index contributed by atoms with van der Waals surface area (Å²) in [4.78, 5) is 15.3. The third kappa shape index (κ3) is 3.73. The minimum atomic E-state index is 0.0458. The van der Waals surface area contributed by atoms with Crippen LogP contribution in [0.2, 0.25) is 0 Å². The number of methoxy groups -OCH3 is 1. The van der Waals surface area contributed by atoms with E-state index in [2.05, 4.69) is 22.5 Å². The monoisotopic (exact) mass is 382 g/mol. The number of amides is 2. The van der Waals surface area contributed by atoms with Crippen LogP contribution in [0, 0.1) is 0 Å². The number of nitrogens with zero attached hydrogens (tertiary/aromatic N) is 3. The van der Waals surface area contributed by atoms with Crippen molar-refractivity contribution in [1.82, 2.24) is 20.0 Å². The molecule has 0 bridgehead atoms. The topological polar surface area (TPSA) is 59.4 Å². The molecule has 2 atom stereocenters. The van der Waals surface area contributed by atoms with Gasteiger partial charge in [-0.2, -0.15) is 5.10 Å². The van der Waals surface area contributed by atoms with E-state index in [4.69, 9.17) is 4.74 Å². The molecule has 2 heterocycles. The molecule has 6 heteroatoms. The lowest BCUT2D eigenvalue weighted by atomic mass is 9.93. The van der Waals surface area contributed by atoms with Crippen molar-refractivity contribution in [3.05, 3.63) is 47.3 Å². The molecule has 0 unspecified atom stereocenters. The molecule has 4 rings (SSSR count). The molecule has 2 aromatic rings. The highest BCUT2D eigenvalue weighted by atomic mass is 16.5. The highest BCUT2D eigenvalue weighted by Gasteiger charge is 2.30. The molecule has 0 radical (unpaired) electrons. The number of hydrogen-bond donors (Lipinski definition) is 1. The Morgan fingerprint density at radius 3 is 2.75 bits per heavy atom. The lowest BCUT2D eigenvalue weighted by molar-refractivity contribution is 0.170. The van der Waals surface area contributed by atoms with Crippen LogP contribution < -0.4 is 10.1 Å². The van der Waals surface area contributed by atoms with Gasteiger partial charge in [0.1, 0.15) is 5.75 Å². The highest BCUT2D eigenvalue weighted by Crippen LogP contribution is 2.33. The molecule has 1 N–H and O–H groups in total. The van der Waals surface area contributed by atoms with E-state index in [0.717, 1.165) is 50.8 Å². The summed E-state index contributed by atoms with van der Waals surface area (Å²) in [5.74, 6) is 0.847. The molecule has 1 aromatic heterocycles. The van der Waals surface area contributed by atoms with Gasteiger partial charge in [0.2, 0.25) is 0 Å².